The Balaban J connectivity index is 1.46. The summed E-state index contributed by atoms with van der Waals surface area (Å²) in [5, 5.41) is 4.78. The average molecular weight is 325 g/mol. The molecule has 2 aromatic rings. The van der Waals surface area contributed by atoms with Gasteiger partial charge in [0.2, 0.25) is 0 Å². The van der Waals surface area contributed by atoms with Crippen molar-refractivity contribution in [3.8, 4) is 0 Å². The van der Waals surface area contributed by atoms with Gasteiger partial charge >= 0.3 is 0 Å². The summed E-state index contributed by atoms with van der Waals surface area (Å²) in [6.45, 7) is 3.06. The van der Waals surface area contributed by atoms with Gasteiger partial charge in [0.15, 0.2) is 0 Å². The lowest BCUT2D eigenvalue weighted by molar-refractivity contribution is 0.0710. The third kappa shape index (κ3) is 2.73. The van der Waals surface area contributed by atoms with Crippen molar-refractivity contribution >= 4 is 5.91 Å². The zero-order valence-corrected chi connectivity index (χ0v) is 14.1. The van der Waals surface area contributed by atoms with Gasteiger partial charge in [-0.2, -0.15) is 5.10 Å². The quantitative estimate of drug-likeness (QED) is 0.852. The van der Waals surface area contributed by atoms with Crippen LogP contribution in [0.4, 0.5) is 0 Å². The molecule has 0 bridgehead atoms. The maximum absolute atomic E-state index is 12.6. The second kappa shape index (κ2) is 6.40. The van der Waals surface area contributed by atoms with Crippen LogP contribution in [0.25, 0.3) is 0 Å². The topological polar surface area (TPSA) is 47.4 Å². The Bertz CT molecular complexity index is 731. The molecule has 126 valence electrons. The number of piperidine rings is 1. The fourth-order valence-corrected chi connectivity index (χ4v) is 3.89. The van der Waals surface area contributed by atoms with Crippen molar-refractivity contribution in [2.75, 3.05) is 19.7 Å². The second-order valence-corrected chi connectivity index (χ2v) is 6.67. The zero-order chi connectivity index (χ0) is 16.5. The summed E-state index contributed by atoms with van der Waals surface area (Å²) in [6, 6.07) is 9.55. The number of nitrogens with zero attached hydrogens (tertiary/aromatic N) is 3. The molecule has 4 rings (SSSR count). The molecule has 2 aliphatic heterocycles. The summed E-state index contributed by atoms with van der Waals surface area (Å²) >= 11 is 0. The molecular weight excluding hydrogens is 302 g/mol. The minimum Gasteiger partial charge on any atom is -0.376 e. The van der Waals surface area contributed by atoms with Crippen LogP contribution >= 0.6 is 0 Å². The number of carbonyl (C=O) groups is 1. The molecule has 5 heteroatoms. The maximum Gasteiger partial charge on any atom is 0.253 e. The van der Waals surface area contributed by atoms with Gasteiger partial charge < -0.3 is 9.64 Å². The van der Waals surface area contributed by atoms with Crippen molar-refractivity contribution in [1.29, 1.82) is 0 Å². The van der Waals surface area contributed by atoms with E-state index in [9.17, 15) is 4.79 Å². The SMILES string of the molecule is Cn1nc(C2CCN(C(=O)c3ccccc3)CC2)c2c1CCOC2. The summed E-state index contributed by atoms with van der Waals surface area (Å²) in [7, 11) is 2.03. The number of carbonyl (C=O) groups excluding carboxylic acids is 1. The minimum absolute atomic E-state index is 0.139. The Hall–Kier alpha value is -2.14. The predicted molar refractivity (Wildman–Crippen MR) is 90.9 cm³/mol. The van der Waals surface area contributed by atoms with Crippen LogP contribution in [-0.4, -0.2) is 40.3 Å². The number of hydrogen-bond donors (Lipinski definition) is 0. The molecule has 5 nitrogen and oxygen atoms in total. The molecule has 2 aliphatic rings. The predicted octanol–water partition coefficient (Wildman–Crippen LogP) is 2.51. The van der Waals surface area contributed by atoms with Gasteiger partial charge in [-0.05, 0) is 25.0 Å². The minimum atomic E-state index is 0.139. The molecule has 0 spiro atoms. The number of rotatable bonds is 2. The van der Waals surface area contributed by atoms with Crippen LogP contribution in [0.3, 0.4) is 0 Å². The van der Waals surface area contributed by atoms with Gasteiger partial charge in [0, 0.05) is 49.3 Å². The van der Waals surface area contributed by atoms with Crippen molar-refractivity contribution in [1.82, 2.24) is 14.7 Å². The lowest BCUT2D eigenvalue weighted by Crippen LogP contribution is -2.38. The molecule has 0 N–H and O–H groups in total. The van der Waals surface area contributed by atoms with Crippen molar-refractivity contribution < 1.29 is 9.53 Å². The van der Waals surface area contributed by atoms with Crippen LogP contribution in [0.5, 0.6) is 0 Å². The van der Waals surface area contributed by atoms with E-state index in [0.717, 1.165) is 44.5 Å². The molecule has 24 heavy (non-hydrogen) atoms. The number of amides is 1. The third-order valence-corrected chi connectivity index (χ3v) is 5.23. The summed E-state index contributed by atoms with van der Waals surface area (Å²) in [6.07, 6.45) is 2.90. The Kier molecular flexibility index (Phi) is 4.10. The number of hydrogen-bond acceptors (Lipinski definition) is 3. The maximum atomic E-state index is 12.6. The molecule has 0 unspecified atom stereocenters. The first-order valence-corrected chi connectivity index (χ1v) is 8.70. The van der Waals surface area contributed by atoms with Gasteiger partial charge in [-0.1, -0.05) is 18.2 Å². The third-order valence-electron chi connectivity index (χ3n) is 5.23. The van der Waals surface area contributed by atoms with Gasteiger partial charge in [0.05, 0.1) is 18.9 Å². The van der Waals surface area contributed by atoms with Crippen LogP contribution < -0.4 is 0 Å². The fourth-order valence-electron chi connectivity index (χ4n) is 3.89. The molecule has 1 aromatic carbocycles. The Morgan fingerprint density at radius 1 is 1.21 bits per heavy atom. The Morgan fingerprint density at radius 3 is 2.71 bits per heavy atom. The van der Waals surface area contributed by atoms with Crippen LogP contribution in [0, 0.1) is 0 Å². The Morgan fingerprint density at radius 2 is 1.96 bits per heavy atom. The average Bonchev–Trinajstić information content (AvgIpc) is 2.99. The van der Waals surface area contributed by atoms with Gasteiger partial charge in [0.25, 0.3) is 5.91 Å². The summed E-state index contributed by atoms with van der Waals surface area (Å²) < 4.78 is 7.66. The summed E-state index contributed by atoms with van der Waals surface area (Å²) in [4.78, 5) is 14.5. The van der Waals surface area contributed by atoms with Gasteiger partial charge in [0.1, 0.15) is 0 Å². The summed E-state index contributed by atoms with van der Waals surface area (Å²) in [5.41, 5.74) is 4.58. The molecule has 3 heterocycles. The zero-order valence-electron chi connectivity index (χ0n) is 14.1. The van der Waals surface area contributed by atoms with Crippen LogP contribution in [0.2, 0.25) is 0 Å². The lowest BCUT2D eigenvalue weighted by Gasteiger charge is -2.32. The highest BCUT2D eigenvalue weighted by Crippen LogP contribution is 2.33. The molecule has 1 saturated heterocycles. The number of aryl methyl sites for hydroxylation is 1. The Labute approximate surface area is 142 Å². The van der Waals surface area contributed by atoms with Crippen molar-refractivity contribution in [2.45, 2.75) is 31.8 Å². The van der Waals surface area contributed by atoms with Crippen molar-refractivity contribution in [3.05, 3.63) is 52.8 Å². The largest absolute Gasteiger partial charge is 0.376 e. The first-order chi connectivity index (χ1) is 11.7. The van der Waals surface area contributed by atoms with E-state index in [2.05, 4.69) is 0 Å². The first-order valence-electron chi connectivity index (χ1n) is 8.70. The molecule has 1 amide bonds. The first kappa shape index (κ1) is 15.4. The molecular formula is C19H23N3O2. The van der Waals surface area contributed by atoms with Crippen molar-refractivity contribution in [2.24, 2.45) is 7.05 Å². The highest BCUT2D eigenvalue weighted by molar-refractivity contribution is 5.94. The fraction of sp³-hybridized carbons (Fsp3) is 0.474. The van der Waals surface area contributed by atoms with Crippen LogP contribution in [0.15, 0.2) is 30.3 Å². The molecule has 0 radical (unpaired) electrons. The van der Waals surface area contributed by atoms with Gasteiger partial charge in [-0.3, -0.25) is 9.48 Å². The number of fused-ring (bicyclic) bond motifs is 1. The molecule has 1 fully saturated rings. The van der Waals surface area contributed by atoms with E-state index in [-0.39, 0.29) is 5.91 Å². The standard InChI is InChI=1S/C19H23N3O2/c1-21-17-9-12-24-13-16(17)18(20-21)14-7-10-22(11-8-14)19(23)15-5-3-2-4-6-15/h2-6,14H,7-13H2,1H3. The molecule has 0 saturated carbocycles. The highest BCUT2D eigenvalue weighted by Gasteiger charge is 2.30. The highest BCUT2D eigenvalue weighted by atomic mass is 16.5. The van der Waals surface area contributed by atoms with Crippen molar-refractivity contribution in [3.63, 3.8) is 0 Å². The van der Waals surface area contributed by atoms with Gasteiger partial charge in [-0.25, -0.2) is 0 Å². The van der Waals surface area contributed by atoms with E-state index in [1.54, 1.807) is 0 Å². The number of benzene rings is 1. The number of ether oxygens (including phenoxy) is 1. The molecule has 1 aromatic heterocycles. The van der Waals surface area contributed by atoms with E-state index >= 15 is 0 Å². The number of likely N-dealkylation sites (tertiary alicyclic amines) is 1. The van der Waals surface area contributed by atoms with E-state index in [4.69, 9.17) is 9.84 Å². The molecule has 0 aliphatic carbocycles. The second-order valence-electron chi connectivity index (χ2n) is 6.67. The van der Waals surface area contributed by atoms with Gasteiger partial charge in [-0.15, -0.1) is 0 Å². The lowest BCUT2D eigenvalue weighted by atomic mass is 9.90. The summed E-state index contributed by atoms with van der Waals surface area (Å²) in [5.74, 6) is 0.571. The van der Waals surface area contributed by atoms with E-state index in [1.807, 2.05) is 47.0 Å². The number of aromatic nitrogens is 2. The molecule has 0 atom stereocenters. The normalized spacial score (nSPS) is 18.5. The monoisotopic (exact) mass is 325 g/mol. The van der Waals surface area contributed by atoms with E-state index in [1.165, 1.54) is 17.0 Å². The smallest absolute Gasteiger partial charge is 0.253 e. The van der Waals surface area contributed by atoms with Crippen LogP contribution in [0.1, 0.15) is 46.1 Å². The van der Waals surface area contributed by atoms with Crippen LogP contribution in [-0.2, 0) is 24.8 Å². The van der Waals surface area contributed by atoms with E-state index < -0.39 is 0 Å². The van der Waals surface area contributed by atoms with E-state index in [0.29, 0.717) is 12.5 Å².